The maximum absolute atomic E-state index is 5.82. The molecule has 0 bridgehead atoms. The fourth-order valence-corrected chi connectivity index (χ4v) is 2.55. The van der Waals surface area contributed by atoms with E-state index in [4.69, 9.17) is 10.5 Å². The molecule has 0 radical (unpaired) electrons. The van der Waals surface area contributed by atoms with Crippen LogP contribution in [0, 0.1) is 0 Å². The summed E-state index contributed by atoms with van der Waals surface area (Å²) in [7, 11) is 0. The largest absolute Gasteiger partial charge is 0.493 e. The molecule has 4 heteroatoms. The minimum absolute atomic E-state index is 0.642. The highest BCUT2D eigenvalue weighted by Crippen LogP contribution is 2.35. The Morgan fingerprint density at radius 2 is 2.29 bits per heavy atom. The summed E-state index contributed by atoms with van der Waals surface area (Å²) in [5.41, 5.74) is 6.63. The summed E-state index contributed by atoms with van der Waals surface area (Å²) < 4.78 is 6.59. The molecule has 1 aromatic carbocycles. The lowest BCUT2D eigenvalue weighted by Crippen LogP contribution is -1.92. The molecule has 0 aliphatic rings. The van der Waals surface area contributed by atoms with Crippen molar-refractivity contribution in [1.29, 1.82) is 0 Å². The van der Waals surface area contributed by atoms with E-state index >= 15 is 0 Å². The van der Waals surface area contributed by atoms with Gasteiger partial charge in [-0.3, -0.25) is 0 Å². The Morgan fingerprint density at radius 1 is 1.50 bits per heavy atom. The molecule has 0 spiro atoms. The van der Waals surface area contributed by atoms with Gasteiger partial charge in [0, 0.05) is 20.4 Å². The Morgan fingerprint density at radius 3 is 3.00 bits per heavy atom. The molecule has 0 atom stereocenters. The minimum Gasteiger partial charge on any atom is -0.493 e. The molecular formula is C10H11NOS2. The van der Waals surface area contributed by atoms with Crippen molar-refractivity contribution < 1.29 is 4.74 Å². The third-order valence-electron chi connectivity index (χ3n) is 1.98. The molecule has 0 aliphatic heterocycles. The number of fused-ring (bicyclic) bond motifs is 1. The standard InChI is InChI=1S/C10H11NOS2/c1-2-12-8-3-6-7(11)5-14-10(6)4-9(8)13/h3-5,13H,2,11H2,1H3. The summed E-state index contributed by atoms with van der Waals surface area (Å²) in [4.78, 5) is 0.862. The minimum atomic E-state index is 0.642. The molecule has 0 saturated carbocycles. The van der Waals surface area contributed by atoms with Crippen LogP contribution in [0.4, 0.5) is 5.69 Å². The first-order chi connectivity index (χ1) is 6.72. The fraction of sp³-hybridized carbons (Fsp3) is 0.200. The van der Waals surface area contributed by atoms with Gasteiger partial charge >= 0.3 is 0 Å². The van der Waals surface area contributed by atoms with E-state index < -0.39 is 0 Å². The van der Waals surface area contributed by atoms with Crippen LogP contribution in [0.15, 0.2) is 22.4 Å². The Hall–Kier alpha value is -0.870. The molecule has 74 valence electrons. The normalized spacial score (nSPS) is 10.7. The van der Waals surface area contributed by atoms with Crippen molar-refractivity contribution in [3.8, 4) is 5.75 Å². The van der Waals surface area contributed by atoms with Crippen LogP contribution in [-0.4, -0.2) is 6.61 Å². The molecule has 0 unspecified atom stereocenters. The molecule has 2 rings (SSSR count). The van der Waals surface area contributed by atoms with Gasteiger partial charge in [-0.25, -0.2) is 0 Å². The SMILES string of the molecule is CCOc1cc2c(N)csc2cc1S. The highest BCUT2D eigenvalue weighted by molar-refractivity contribution is 7.80. The van der Waals surface area contributed by atoms with Crippen LogP contribution >= 0.6 is 24.0 Å². The van der Waals surface area contributed by atoms with E-state index in [-0.39, 0.29) is 0 Å². The summed E-state index contributed by atoms with van der Waals surface area (Å²) in [5.74, 6) is 0.799. The van der Waals surface area contributed by atoms with Crippen molar-refractivity contribution in [1.82, 2.24) is 0 Å². The van der Waals surface area contributed by atoms with Crippen molar-refractivity contribution in [2.45, 2.75) is 11.8 Å². The molecule has 0 amide bonds. The smallest absolute Gasteiger partial charge is 0.133 e. The number of ether oxygens (including phenoxy) is 1. The first-order valence-corrected chi connectivity index (χ1v) is 5.67. The van der Waals surface area contributed by atoms with Crippen LogP contribution in [-0.2, 0) is 0 Å². The maximum atomic E-state index is 5.82. The van der Waals surface area contributed by atoms with Gasteiger partial charge in [-0.1, -0.05) is 0 Å². The van der Waals surface area contributed by atoms with Crippen LogP contribution in [0.2, 0.25) is 0 Å². The molecule has 1 aromatic heterocycles. The molecule has 0 saturated heterocycles. The highest BCUT2D eigenvalue weighted by atomic mass is 32.1. The Kier molecular flexibility index (Phi) is 2.56. The van der Waals surface area contributed by atoms with Crippen LogP contribution in [0.5, 0.6) is 5.75 Å². The van der Waals surface area contributed by atoms with Crippen molar-refractivity contribution >= 4 is 39.7 Å². The van der Waals surface area contributed by atoms with Crippen LogP contribution < -0.4 is 10.5 Å². The molecule has 14 heavy (non-hydrogen) atoms. The average Bonchev–Trinajstić information content (AvgIpc) is 2.49. The average molecular weight is 225 g/mol. The lowest BCUT2D eigenvalue weighted by Gasteiger charge is -2.06. The van der Waals surface area contributed by atoms with E-state index in [1.165, 1.54) is 0 Å². The second-order valence-electron chi connectivity index (χ2n) is 2.94. The summed E-state index contributed by atoms with van der Waals surface area (Å²) in [6.07, 6.45) is 0. The Labute approximate surface area is 92.1 Å². The molecule has 2 N–H and O–H groups in total. The van der Waals surface area contributed by atoms with Gasteiger partial charge in [-0.15, -0.1) is 24.0 Å². The number of rotatable bonds is 2. The van der Waals surface area contributed by atoms with Gasteiger partial charge in [0.15, 0.2) is 0 Å². The van der Waals surface area contributed by atoms with Gasteiger partial charge in [-0.05, 0) is 19.1 Å². The Bertz CT molecular complexity index is 464. The zero-order chi connectivity index (χ0) is 10.1. The quantitative estimate of drug-likeness (QED) is 0.770. The number of hydrogen-bond donors (Lipinski definition) is 2. The summed E-state index contributed by atoms with van der Waals surface area (Å²) in [5, 5.41) is 2.99. The van der Waals surface area contributed by atoms with Crippen molar-refractivity contribution in [3.05, 3.63) is 17.5 Å². The number of nitrogen functional groups attached to an aromatic ring is 1. The lowest BCUT2D eigenvalue weighted by atomic mass is 10.2. The number of nitrogens with two attached hydrogens (primary N) is 1. The van der Waals surface area contributed by atoms with Crippen LogP contribution in [0.25, 0.3) is 10.1 Å². The number of thiol groups is 1. The van der Waals surface area contributed by atoms with E-state index in [9.17, 15) is 0 Å². The third-order valence-corrected chi connectivity index (χ3v) is 3.30. The number of hydrogen-bond acceptors (Lipinski definition) is 4. The van der Waals surface area contributed by atoms with Gasteiger partial charge in [0.2, 0.25) is 0 Å². The zero-order valence-corrected chi connectivity index (χ0v) is 9.49. The maximum Gasteiger partial charge on any atom is 0.133 e. The number of thiophene rings is 1. The first kappa shape index (κ1) is 9.68. The van der Waals surface area contributed by atoms with Gasteiger partial charge in [0.05, 0.1) is 12.3 Å². The van der Waals surface area contributed by atoms with E-state index in [1.807, 2.05) is 24.4 Å². The second kappa shape index (κ2) is 3.71. The second-order valence-corrected chi connectivity index (χ2v) is 4.33. The van der Waals surface area contributed by atoms with Crippen molar-refractivity contribution in [3.63, 3.8) is 0 Å². The number of benzene rings is 1. The monoisotopic (exact) mass is 225 g/mol. The molecular weight excluding hydrogens is 214 g/mol. The summed E-state index contributed by atoms with van der Waals surface area (Å²) in [6, 6.07) is 3.94. The zero-order valence-electron chi connectivity index (χ0n) is 7.78. The Balaban J connectivity index is 2.61. The van der Waals surface area contributed by atoms with E-state index in [1.54, 1.807) is 11.3 Å². The van der Waals surface area contributed by atoms with E-state index in [0.29, 0.717) is 6.61 Å². The van der Waals surface area contributed by atoms with E-state index in [2.05, 4.69) is 12.6 Å². The molecule has 0 fully saturated rings. The van der Waals surface area contributed by atoms with Gasteiger partial charge < -0.3 is 10.5 Å². The number of anilines is 1. The summed E-state index contributed by atoms with van der Waals surface area (Å²) >= 11 is 5.98. The highest BCUT2D eigenvalue weighted by Gasteiger charge is 2.06. The predicted molar refractivity (Wildman–Crippen MR) is 64.7 cm³/mol. The van der Waals surface area contributed by atoms with Gasteiger partial charge in [0.25, 0.3) is 0 Å². The molecule has 2 nitrogen and oxygen atoms in total. The van der Waals surface area contributed by atoms with Crippen molar-refractivity contribution in [2.75, 3.05) is 12.3 Å². The molecule has 2 aromatic rings. The first-order valence-electron chi connectivity index (χ1n) is 4.35. The predicted octanol–water partition coefficient (Wildman–Crippen LogP) is 3.17. The van der Waals surface area contributed by atoms with Crippen LogP contribution in [0.3, 0.4) is 0 Å². The molecule has 0 aliphatic carbocycles. The third kappa shape index (κ3) is 1.55. The molecule has 1 heterocycles. The topological polar surface area (TPSA) is 35.2 Å². The van der Waals surface area contributed by atoms with Gasteiger partial charge in [-0.2, -0.15) is 0 Å². The van der Waals surface area contributed by atoms with E-state index in [0.717, 1.165) is 26.4 Å². The van der Waals surface area contributed by atoms with Crippen LogP contribution in [0.1, 0.15) is 6.92 Å². The fourth-order valence-electron chi connectivity index (χ4n) is 1.33. The van der Waals surface area contributed by atoms with Crippen molar-refractivity contribution in [2.24, 2.45) is 0 Å². The lowest BCUT2D eigenvalue weighted by molar-refractivity contribution is 0.333. The summed E-state index contributed by atoms with van der Waals surface area (Å²) in [6.45, 7) is 2.59. The van der Waals surface area contributed by atoms with Gasteiger partial charge in [0.1, 0.15) is 5.75 Å².